The summed E-state index contributed by atoms with van der Waals surface area (Å²) in [6.07, 6.45) is 10.2. The maximum atomic E-state index is 13.3. The fourth-order valence-corrected chi connectivity index (χ4v) is 7.76. The number of nitrogens with zero attached hydrogens (tertiary/aromatic N) is 2. The molecule has 5 nitrogen and oxygen atoms in total. The van der Waals surface area contributed by atoms with Crippen molar-refractivity contribution in [3.8, 4) is 5.75 Å². The Balaban J connectivity index is 1.15. The molecule has 1 unspecified atom stereocenters. The number of hydrogen-bond acceptors (Lipinski definition) is 6. The van der Waals surface area contributed by atoms with E-state index in [1.165, 1.54) is 16.7 Å². The number of hydrogen-bond donors (Lipinski definition) is 1. The number of fused-ring (bicyclic) bond motifs is 1. The van der Waals surface area contributed by atoms with E-state index in [-0.39, 0.29) is 11.7 Å². The van der Waals surface area contributed by atoms with E-state index in [0.29, 0.717) is 44.4 Å². The van der Waals surface area contributed by atoms with Gasteiger partial charge in [-0.3, -0.25) is 4.99 Å². The number of allylic oxidation sites excluding steroid dienone is 6. The number of ether oxygens (including phenoxy) is 1. The number of carbonyl (C=O) groups excluding carboxylic acids is 1. The van der Waals surface area contributed by atoms with Crippen LogP contribution in [0.25, 0.3) is 10.2 Å². The maximum absolute atomic E-state index is 13.3. The number of ketones is 1. The van der Waals surface area contributed by atoms with Gasteiger partial charge in [0.15, 0.2) is 0 Å². The van der Waals surface area contributed by atoms with Crippen LogP contribution in [0.3, 0.4) is 0 Å². The summed E-state index contributed by atoms with van der Waals surface area (Å²) in [7, 11) is 6.50. The Morgan fingerprint density at radius 2 is 1.74 bits per heavy atom. The number of para-hydroxylation sites is 1. The third-order valence-corrected chi connectivity index (χ3v) is 10.6. The first-order valence-electron chi connectivity index (χ1n) is 18.6. The number of aromatic nitrogens is 1. The van der Waals surface area contributed by atoms with Crippen molar-refractivity contribution >= 4 is 51.7 Å². The van der Waals surface area contributed by atoms with Crippen molar-refractivity contribution < 1.29 is 9.53 Å². The van der Waals surface area contributed by atoms with Gasteiger partial charge in [-0.15, -0.1) is 0 Å². The molecule has 0 spiro atoms. The van der Waals surface area contributed by atoms with Crippen LogP contribution in [-0.2, 0) is 24.1 Å². The molecule has 0 saturated carbocycles. The standard InChI is InChI=1S/C46H51BN3O2S/c1-31(2)41-25-32(3)24-33(4)46(41)42(48)28-38(47)20-23-45-50-43-22-19-37(27-44(43)53-45)26-39(51)21-18-36(17-16-35-12-8-6-9-13-35)29-49-34(5)30-52-40-14-10-7-11-15-40/h6-15,19,22,24,27,29,33,48H,1,16-18,20-21,23,25-26,28,30H2,2-5H3. The van der Waals surface area contributed by atoms with Gasteiger partial charge in [0.2, 0.25) is 0 Å². The third-order valence-electron chi connectivity index (χ3n) is 9.53. The molecule has 1 radical (unpaired) electrons. The third kappa shape index (κ3) is 12.1. The Labute approximate surface area is 320 Å². The van der Waals surface area contributed by atoms with E-state index in [9.17, 15) is 4.79 Å². The number of carbonyl (C=O) groups is 1. The summed E-state index contributed by atoms with van der Waals surface area (Å²) < 4.78 is 6.94. The summed E-state index contributed by atoms with van der Waals surface area (Å²) in [6, 6.07) is 26.3. The number of nitrogens with one attached hydrogen (secondary N) is 1. The summed E-state index contributed by atoms with van der Waals surface area (Å²) in [4.78, 5) is 22.8. The van der Waals surface area contributed by atoms with E-state index in [0.717, 1.165) is 80.1 Å². The van der Waals surface area contributed by atoms with E-state index < -0.39 is 0 Å². The zero-order valence-corrected chi connectivity index (χ0v) is 32.5. The van der Waals surface area contributed by atoms with Gasteiger partial charge in [0.25, 0.3) is 0 Å². The molecular weight excluding hydrogens is 669 g/mol. The van der Waals surface area contributed by atoms with Gasteiger partial charge in [-0.1, -0.05) is 54.1 Å². The number of thiazole rings is 1. The van der Waals surface area contributed by atoms with Crippen molar-refractivity contribution in [3.63, 3.8) is 0 Å². The monoisotopic (exact) mass is 720 g/mol. The summed E-state index contributed by atoms with van der Waals surface area (Å²) >= 11 is 1.66. The predicted molar refractivity (Wildman–Crippen MR) is 226 cm³/mol. The molecule has 0 amide bonds. The minimum atomic E-state index is 0.188. The number of aliphatic imine (C=N–C) groups is 1. The molecular formula is C46H51BN3O2S. The van der Waals surface area contributed by atoms with Gasteiger partial charge >= 0.3 is 197 Å². The summed E-state index contributed by atoms with van der Waals surface area (Å²) in [5.74, 6) is 1.21. The van der Waals surface area contributed by atoms with Crippen LogP contribution in [0.5, 0.6) is 5.75 Å². The average molecular weight is 721 g/mol. The summed E-state index contributed by atoms with van der Waals surface area (Å²) in [6.45, 7) is 12.9. The molecule has 0 fully saturated rings. The number of benzene rings is 3. The second-order valence-electron chi connectivity index (χ2n) is 14.3. The number of aryl methyl sites for hydroxylation is 2. The van der Waals surface area contributed by atoms with Gasteiger partial charge in [0.1, 0.15) is 12.4 Å². The van der Waals surface area contributed by atoms with Gasteiger partial charge in [-0.2, -0.15) is 0 Å². The fraction of sp³-hybridized carbons (Fsp3) is 0.326. The molecule has 1 heterocycles. The van der Waals surface area contributed by atoms with Gasteiger partial charge in [-0.25, -0.2) is 0 Å². The van der Waals surface area contributed by atoms with Crippen LogP contribution in [0, 0.1) is 11.3 Å². The molecule has 271 valence electrons. The van der Waals surface area contributed by atoms with Crippen LogP contribution in [-0.4, -0.2) is 41.7 Å². The zero-order chi connectivity index (χ0) is 37.7. The summed E-state index contributed by atoms with van der Waals surface area (Å²) in [5.41, 5.74) is 11.2. The second-order valence-corrected chi connectivity index (χ2v) is 15.4. The quantitative estimate of drug-likeness (QED) is 0.0595. The fourth-order valence-electron chi connectivity index (χ4n) is 6.73. The molecule has 1 aliphatic rings. The van der Waals surface area contributed by atoms with Crippen LogP contribution in [0.2, 0.25) is 0 Å². The van der Waals surface area contributed by atoms with Crippen molar-refractivity contribution in [2.24, 2.45) is 10.9 Å². The van der Waals surface area contributed by atoms with E-state index in [2.05, 4.69) is 56.8 Å². The average Bonchev–Trinajstić information content (AvgIpc) is 3.55. The normalized spacial score (nSPS) is 15.0. The molecule has 1 atom stereocenters. The first-order valence-corrected chi connectivity index (χ1v) is 19.4. The Morgan fingerprint density at radius 1 is 1.00 bits per heavy atom. The molecule has 1 aliphatic carbocycles. The van der Waals surface area contributed by atoms with Crippen molar-refractivity contribution in [1.29, 1.82) is 5.41 Å². The first kappa shape index (κ1) is 39.5. The minimum absolute atomic E-state index is 0.188. The molecule has 3 aromatic carbocycles. The van der Waals surface area contributed by atoms with Gasteiger partial charge in [0, 0.05) is 6.20 Å². The first-order chi connectivity index (χ1) is 25.5. The van der Waals surface area contributed by atoms with E-state index in [1.54, 1.807) is 11.3 Å². The summed E-state index contributed by atoms with van der Waals surface area (Å²) in [5, 5.41) is 9.91. The van der Waals surface area contributed by atoms with Crippen molar-refractivity contribution in [3.05, 3.63) is 142 Å². The molecule has 0 aliphatic heterocycles. The Hall–Kier alpha value is -4.75. The topological polar surface area (TPSA) is 75.4 Å². The molecule has 7 heteroatoms. The Kier molecular flexibility index (Phi) is 14.4. The number of Topliss-reactive ketones (excluding diaryl/α,β-unsaturated/α-hetero) is 1. The zero-order valence-electron chi connectivity index (χ0n) is 31.7. The van der Waals surface area contributed by atoms with E-state index >= 15 is 0 Å². The van der Waals surface area contributed by atoms with Crippen LogP contribution >= 0.6 is 11.3 Å². The van der Waals surface area contributed by atoms with Crippen molar-refractivity contribution in [2.45, 2.75) is 85.5 Å². The molecule has 1 N–H and O–H groups in total. The number of rotatable bonds is 19. The van der Waals surface area contributed by atoms with Gasteiger partial charge in [-0.05, 0) is 37.5 Å². The second kappa shape index (κ2) is 19.4. The van der Waals surface area contributed by atoms with Crippen molar-refractivity contribution in [2.75, 3.05) is 6.61 Å². The molecule has 1 aromatic heterocycles. The van der Waals surface area contributed by atoms with Gasteiger partial charge in [0.05, 0.1) is 5.71 Å². The van der Waals surface area contributed by atoms with Gasteiger partial charge < -0.3 is 4.74 Å². The van der Waals surface area contributed by atoms with Crippen LogP contribution in [0.15, 0.2) is 131 Å². The molecule has 0 saturated heterocycles. The molecule has 0 bridgehead atoms. The predicted octanol–water partition coefficient (Wildman–Crippen LogP) is 10.8. The molecule has 4 aromatic rings. The molecule has 5 rings (SSSR count). The Morgan fingerprint density at radius 3 is 2.47 bits per heavy atom. The van der Waals surface area contributed by atoms with Crippen molar-refractivity contribution in [1.82, 2.24) is 4.98 Å². The van der Waals surface area contributed by atoms with Crippen LogP contribution < -0.4 is 4.74 Å². The van der Waals surface area contributed by atoms with Crippen LogP contribution in [0.4, 0.5) is 0 Å². The molecule has 53 heavy (non-hydrogen) atoms. The van der Waals surface area contributed by atoms with Crippen LogP contribution in [0.1, 0.15) is 82.4 Å². The van der Waals surface area contributed by atoms with E-state index in [1.807, 2.05) is 68.6 Å². The SMILES string of the molecule is [B]=C(CCc1nc2ccc(CC(=O)CCC(=CN=C(C)COc3ccccc3)CCc3ccccc3)cc2s1)CC(=N)C1=C(C(=C)C)CC(C)=CC1C. The van der Waals surface area contributed by atoms with E-state index in [4.69, 9.17) is 27.6 Å². The Bertz CT molecular complexity index is 2070.